The molecule has 0 spiro atoms. The zero-order valence-electron chi connectivity index (χ0n) is 14.5. The van der Waals surface area contributed by atoms with Crippen molar-refractivity contribution >= 4 is 6.03 Å². The van der Waals surface area contributed by atoms with Crippen LogP contribution in [-0.4, -0.2) is 48.6 Å². The first-order valence-corrected chi connectivity index (χ1v) is 8.21. The molecular formula is C17H29N3O2. The summed E-state index contributed by atoms with van der Waals surface area (Å²) in [4.78, 5) is 16.7. The Kier molecular flexibility index (Phi) is 5.51. The van der Waals surface area contributed by atoms with Gasteiger partial charge in [-0.15, -0.1) is 0 Å². The molecule has 1 saturated heterocycles. The highest BCUT2D eigenvalue weighted by molar-refractivity contribution is 5.74. The van der Waals surface area contributed by atoms with Crippen LogP contribution in [-0.2, 0) is 0 Å². The van der Waals surface area contributed by atoms with Crippen molar-refractivity contribution in [1.29, 1.82) is 0 Å². The predicted molar refractivity (Wildman–Crippen MR) is 88.0 cm³/mol. The second-order valence-electron chi connectivity index (χ2n) is 6.72. The Balaban J connectivity index is 1.84. The van der Waals surface area contributed by atoms with Crippen LogP contribution in [0.1, 0.15) is 43.9 Å². The lowest BCUT2D eigenvalue weighted by atomic mass is 10.1. The molecule has 5 heteroatoms. The molecule has 1 aliphatic rings. The van der Waals surface area contributed by atoms with Crippen LogP contribution in [0.3, 0.4) is 0 Å². The number of urea groups is 1. The molecule has 1 unspecified atom stereocenters. The van der Waals surface area contributed by atoms with Gasteiger partial charge in [0.15, 0.2) is 0 Å². The summed E-state index contributed by atoms with van der Waals surface area (Å²) in [6, 6.07) is 1.99. The topological polar surface area (TPSA) is 48.7 Å². The number of furan rings is 1. The van der Waals surface area contributed by atoms with Crippen molar-refractivity contribution in [2.45, 2.75) is 40.7 Å². The summed E-state index contributed by atoms with van der Waals surface area (Å²) in [7, 11) is 0. The summed E-state index contributed by atoms with van der Waals surface area (Å²) in [5.41, 5.74) is 1.06. The van der Waals surface area contributed by atoms with Gasteiger partial charge in [-0.3, -0.25) is 4.90 Å². The maximum Gasteiger partial charge on any atom is 0.317 e. The molecule has 0 bridgehead atoms. The third kappa shape index (κ3) is 4.26. The largest absolute Gasteiger partial charge is 0.466 e. The first-order chi connectivity index (χ1) is 10.4. The van der Waals surface area contributed by atoms with Crippen LogP contribution in [0.2, 0.25) is 0 Å². The first kappa shape index (κ1) is 16.9. The maximum atomic E-state index is 12.4. The molecule has 1 fully saturated rings. The Labute approximate surface area is 133 Å². The van der Waals surface area contributed by atoms with Gasteiger partial charge in [0, 0.05) is 38.3 Å². The van der Waals surface area contributed by atoms with E-state index in [0.717, 1.165) is 49.8 Å². The van der Waals surface area contributed by atoms with Crippen LogP contribution in [0.25, 0.3) is 0 Å². The number of hydrogen-bond donors (Lipinski definition) is 1. The van der Waals surface area contributed by atoms with Crippen molar-refractivity contribution in [3.63, 3.8) is 0 Å². The van der Waals surface area contributed by atoms with Crippen molar-refractivity contribution in [2.24, 2.45) is 5.92 Å². The fourth-order valence-corrected chi connectivity index (χ4v) is 3.08. The Morgan fingerprint density at radius 3 is 2.36 bits per heavy atom. The monoisotopic (exact) mass is 307 g/mol. The van der Waals surface area contributed by atoms with Crippen molar-refractivity contribution in [3.8, 4) is 0 Å². The summed E-state index contributed by atoms with van der Waals surface area (Å²) in [5.74, 6) is 2.44. The lowest BCUT2D eigenvalue weighted by Crippen LogP contribution is -2.52. The molecule has 2 amide bonds. The van der Waals surface area contributed by atoms with E-state index in [4.69, 9.17) is 4.42 Å². The quantitative estimate of drug-likeness (QED) is 0.930. The number of nitrogens with one attached hydrogen (secondary N) is 1. The van der Waals surface area contributed by atoms with Crippen LogP contribution < -0.4 is 5.32 Å². The molecular weight excluding hydrogens is 278 g/mol. The number of carbonyl (C=O) groups is 1. The molecule has 1 N–H and O–H groups in total. The second kappa shape index (κ2) is 7.18. The standard InChI is InChI=1S/C17H29N3O2/c1-12(2)11-19-6-8-20(9-7-19)17(21)18-14(4)16-10-13(3)22-15(16)5/h10,12,14H,6-9,11H2,1-5H3,(H,18,21). The number of piperazine rings is 1. The van der Waals surface area contributed by atoms with Crippen LogP contribution in [0.4, 0.5) is 4.79 Å². The van der Waals surface area contributed by atoms with E-state index in [1.807, 2.05) is 31.7 Å². The molecule has 0 aromatic carbocycles. The van der Waals surface area contributed by atoms with Crippen molar-refractivity contribution in [3.05, 3.63) is 23.2 Å². The molecule has 2 rings (SSSR count). The van der Waals surface area contributed by atoms with E-state index in [1.54, 1.807) is 0 Å². The number of hydrogen-bond acceptors (Lipinski definition) is 3. The number of aryl methyl sites for hydroxylation is 2. The average molecular weight is 307 g/mol. The minimum absolute atomic E-state index is 0.0231. The Morgan fingerprint density at radius 2 is 1.86 bits per heavy atom. The molecule has 1 aliphatic heterocycles. The number of carbonyl (C=O) groups excluding carboxylic acids is 1. The summed E-state index contributed by atoms with van der Waals surface area (Å²) in [5, 5.41) is 3.08. The minimum Gasteiger partial charge on any atom is -0.466 e. The van der Waals surface area contributed by atoms with Crippen molar-refractivity contribution in [2.75, 3.05) is 32.7 Å². The molecule has 0 radical (unpaired) electrons. The molecule has 1 atom stereocenters. The molecule has 124 valence electrons. The lowest BCUT2D eigenvalue weighted by molar-refractivity contribution is 0.129. The first-order valence-electron chi connectivity index (χ1n) is 8.21. The fraction of sp³-hybridized carbons (Fsp3) is 0.706. The van der Waals surface area contributed by atoms with Gasteiger partial charge in [0.05, 0.1) is 6.04 Å². The second-order valence-corrected chi connectivity index (χ2v) is 6.72. The molecule has 22 heavy (non-hydrogen) atoms. The van der Waals surface area contributed by atoms with Gasteiger partial charge in [-0.2, -0.15) is 0 Å². The zero-order valence-corrected chi connectivity index (χ0v) is 14.5. The molecule has 1 aromatic heterocycles. The number of amides is 2. The van der Waals surface area contributed by atoms with E-state index < -0.39 is 0 Å². The minimum atomic E-state index is -0.0290. The van der Waals surface area contributed by atoms with Crippen LogP contribution in [0.15, 0.2) is 10.5 Å². The molecule has 0 aliphatic carbocycles. The van der Waals surface area contributed by atoms with E-state index in [1.165, 1.54) is 0 Å². The SMILES string of the molecule is Cc1cc(C(C)NC(=O)N2CCN(CC(C)C)CC2)c(C)o1. The number of rotatable bonds is 4. The molecule has 2 heterocycles. The zero-order chi connectivity index (χ0) is 16.3. The van der Waals surface area contributed by atoms with Gasteiger partial charge < -0.3 is 14.6 Å². The van der Waals surface area contributed by atoms with Gasteiger partial charge in [0.2, 0.25) is 0 Å². The molecule has 1 aromatic rings. The maximum absolute atomic E-state index is 12.4. The lowest BCUT2D eigenvalue weighted by Gasteiger charge is -2.36. The normalized spacial score (nSPS) is 17.8. The number of nitrogens with zero attached hydrogens (tertiary/aromatic N) is 2. The van der Waals surface area contributed by atoms with Crippen molar-refractivity contribution < 1.29 is 9.21 Å². The Bertz CT molecular complexity index is 502. The average Bonchev–Trinajstić information content (AvgIpc) is 2.78. The molecule has 5 nitrogen and oxygen atoms in total. The van der Waals surface area contributed by atoms with E-state index in [-0.39, 0.29) is 12.1 Å². The summed E-state index contributed by atoms with van der Waals surface area (Å²) >= 11 is 0. The third-order valence-electron chi connectivity index (χ3n) is 4.17. The van der Waals surface area contributed by atoms with E-state index in [2.05, 4.69) is 24.1 Å². The summed E-state index contributed by atoms with van der Waals surface area (Å²) < 4.78 is 5.54. The summed E-state index contributed by atoms with van der Waals surface area (Å²) in [6.07, 6.45) is 0. The van der Waals surface area contributed by atoms with Crippen molar-refractivity contribution in [1.82, 2.24) is 15.1 Å². The highest BCUT2D eigenvalue weighted by atomic mass is 16.3. The van der Waals surface area contributed by atoms with Gasteiger partial charge in [-0.1, -0.05) is 13.8 Å². The van der Waals surface area contributed by atoms with E-state index in [9.17, 15) is 4.79 Å². The Morgan fingerprint density at radius 1 is 1.23 bits per heavy atom. The van der Waals surface area contributed by atoms with Crippen LogP contribution >= 0.6 is 0 Å². The van der Waals surface area contributed by atoms with Gasteiger partial charge >= 0.3 is 6.03 Å². The van der Waals surface area contributed by atoms with Crippen LogP contribution in [0.5, 0.6) is 0 Å². The van der Waals surface area contributed by atoms with Gasteiger partial charge in [-0.25, -0.2) is 4.79 Å². The highest BCUT2D eigenvalue weighted by Gasteiger charge is 2.23. The predicted octanol–water partition coefficient (Wildman–Crippen LogP) is 2.94. The van der Waals surface area contributed by atoms with Gasteiger partial charge in [0.1, 0.15) is 11.5 Å². The summed E-state index contributed by atoms with van der Waals surface area (Å²) in [6.45, 7) is 15.0. The third-order valence-corrected chi connectivity index (χ3v) is 4.17. The van der Waals surface area contributed by atoms with E-state index in [0.29, 0.717) is 5.92 Å². The van der Waals surface area contributed by atoms with Crippen LogP contribution in [0, 0.1) is 19.8 Å². The molecule has 0 saturated carbocycles. The van der Waals surface area contributed by atoms with Gasteiger partial charge in [0.25, 0.3) is 0 Å². The smallest absolute Gasteiger partial charge is 0.317 e. The van der Waals surface area contributed by atoms with Gasteiger partial charge in [-0.05, 0) is 32.8 Å². The van der Waals surface area contributed by atoms with E-state index >= 15 is 0 Å². The Hall–Kier alpha value is -1.49. The highest BCUT2D eigenvalue weighted by Crippen LogP contribution is 2.21. The fourth-order valence-electron chi connectivity index (χ4n) is 3.08.